The van der Waals surface area contributed by atoms with Crippen molar-refractivity contribution in [1.29, 1.82) is 0 Å². The Bertz CT molecular complexity index is 436. The summed E-state index contributed by atoms with van der Waals surface area (Å²) in [5.41, 5.74) is 0.496. The molecule has 1 amide bonds. The van der Waals surface area contributed by atoms with Crippen molar-refractivity contribution in [3.63, 3.8) is 0 Å². The average molecular weight is 264 g/mol. The molecule has 2 N–H and O–H groups in total. The van der Waals surface area contributed by atoms with Gasteiger partial charge in [0.2, 0.25) is 0 Å². The lowest BCUT2D eigenvalue weighted by Crippen LogP contribution is -2.31. The first-order valence-corrected chi connectivity index (χ1v) is 6.63. The zero-order valence-corrected chi connectivity index (χ0v) is 11.1. The van der Waals surface area contributed by atoms with Gasteiger partial charge in [0.05, 0.1) is 18.9 Å². The summed E-state index contributed by atoms with van der Waals surface area (Å²) in [6.45, 7) is 0.814. The molecule has 0 spiro atoms. The quantitative estimate of drug-likeness (QED) is 0.839. The number of aliphatic hydroxyl groups excluding tert-OH is 1. The minimum absolute atomic E-state index is 0.150. The molecule has 1 aliphatic carbocycles. The third-order valence-corrected chi connectivity index (χ3v) is 3.82. The molecule has 2 unspecified atom stereocenters. The molecule has 1 aliphatic rings. The maximum Gasteiger partial charge on any atom is 0.255 e. The van der Waals surface area contributed by atoms with Gasteiger partial charge in [-0.05, 0) is 30.7 Å². The van der Waals surface area contributed by atoms with Crippen molar-refractivity contribution in [1.82, 2.24) is 10.3 Å². The minimum atomic E-state index is -0.150. The summed E-state index contributed by atoms with van der Waals surface area (Å²) in [6.07, 6.45) is 6.35. The van der Waals surface area contributed by atoms with Crippen molar-refractivity contribution in [2.45, 2.75) is 19.3 Å². The van der Waals surface area contributed by atoms with E-state index in [-0.39, 0.29) is 12.5 Å². The number of carbonyl (C=O) groups excluding carboxylic acids is 1. The molecule has 104 valence electrons. The number of aliphatic hydroxyl groups is 1. The maximum atomic E-state index is 12.1. The number of carbonyl (C=O) groups is 1. The number of amides is 1. The smallest absolute Gasteiger partial charge is 0.255 e. The van der Waals surface area contributed by atoms with E-state index < -0.39 is 0 Å². The normalized spacial score (nSPS) is 22.2. The molecule has 5 heteroatoms. The molecule has 1 fully saturated rings. The second kappa shape index (κ2) is 6.52. The van der Waals surface area contributed by atoms with E-state index in [4.69, 9.17) is 4.74 Å². The molecular weight excluding hydrogens is 244 g/mol. The topological polar surface area (TPSA) is 71.5 Å². The van der Waals surface area contributed by atoms with E-state index in [9.17, 15) is 9.90 Å². The van der Waals surface area contributed by atoms with E-state index in [0.717, 1.165) is 19.3 Å². The van der Waals surface area contributed by atoms with Crippen LogP contribution in [0.15, 0.2) is 18.5 Å². The SMILES string of the molecule is COc1cnccc1C(=O)NCC1CCCC1CO. The van der Waals surface area contributed by atoms with Gasteiger partial charge in [0.25, 0.3) is 5.91 Å². The summed E-state index contributed by atoms with van der Waals surface area (Å²) in [5, 5.41) is 12.2. The maximum absolute atomic E-state index is 12.1. The number of methoxy groups -OCH3 is 1. The lowest BCUT2D eigenvalue weighted by Gasteiger charge is -2.18. The zero-order valence-electron chi connectivity index (χ0n) is 11.1. The van der Waals surface area contributed by atoms with Crippen LogP contribution in [0, 0.1) is 11.8 Å². The predicted octanol–water partition coefficient (Wildman–Crippen LogP) is 1.23. The number of nitrogens with one attached hydrogen (secondary N) is 1. The fourth-order valence-corrected chi connectivity index (χ4v) is 2.67. The van der Waals surface area contributed by atoms with Crippen LogP contribution in [-0.2, 0) is 0 Å². The van der Waals surface area contributed by atoms with Crippen LogP contribution < -0.4 is 10.1 Å². The van der Waals surface area contributed by atoms with Gasteiger partial charge in [0.1, 0.15) is 5.75 Å². The molecule has 0 aliphatic heterocycles. The molecule has 1 saturated carbocycles. The number of hydrogen-bond donors (Lipinski definition) is 2. The van der Waals surface area contributed by atoms with Crippen molar-refractivity contribution in [2.75, 3.05) is 20.3 Å². The second-order valence-corrected chi connectivity index (χ2v) is 4.92. The molecule has 5 nitrogen and oxygen atoms in total. The number of nitrogens with zero attached hydrogens (tertiary/aromatic N) is 1. The standard InChI is InChI=1S/C14H20N2O3/c1-19-13-8-15-6-5-12(13)14(18)16-7-10-3-2-4-11(10)9-17/h5-6,8,10-11,17H,2-4,7,9H2,1H3,(H,16,18). The van der Waals surface area contributed by atoms with Gasteiger partial charge in [-0.25, -0.2) is 0 Å². The molecule has 0 saturated heterocycles. The molecule has 19 heavy (non-hydrogen) atoms. The molecule has 1 aromatic heterocycles. The molecule has 2 atom stereocenters. The van der Waals surface area contributed by atoms with E-state index in [2.05, 4.69) is 10.3 Å². The Hall–Kier alpha value is -1.62. The summed E-state index contributed by atoms with van der Waals surface area (Å²) in [5.74, 6) is 1.02. The van der Waals surface area contributed by atoms with Crippen LogP contribution in [0.4, 0.5) is 0 Å². The Kier molecular flexibility index (Phi) is 4.74. The highest BCUT2D eigenvalue weighted by atomic mass is 16.5. The summed E-state index contributed by atoms with van der Waals surface area (Å²) >= 11 is 0. The summed E-state index contributed by atoms with van der Waals surface area (Å²) in [7, 11) is 1.52. The highest BCUT2D eigenvalue weighted by molar-refractivity contribution is 5.96. The van der Waals surface area contributed by atoms with E-state index in [0.29, 0.717) is 29.7 Å². The molecule has 0 radical (unpaired) electrons. The third-order valence-electron chi connectivity index (χ3n) is 3.82. The van der Waals surface area contributed by atoms with Gasteiger partial charge in [-0.2, -0.15) is 0 Å². The van der Waals surface area contributed by atoms with Gasteiger partial charge in [0.15, 0.2) is 0 Å². The monoisotopic (exact) mass is 264 g/mol. The highest BCUT2D eigenvalue weighted by Gasteiger charge is 2.27. The van der Waals surface area contributed by atoms with Crippen LogP contribution in [0.2, 0.25) is 0 Å². The van der Waals surface area contributed by atoms with Crippen LogP contribution in [0.3, 0.4) is 0 Å². The molecule has 0 aromatic carbocycles. The lowest BCUT2D eigenvalue weighted by molar-refractivity contribution is 0.0934. The largest absolute Gasteiger partial charge is 0.494 e. The highest BCUT2D eigenvalue weighted by Crippen LogP contribution is 2.30. The van der Waals surface area contributed by atoms with E-state index in [1.807, 2.05) is 0 Å². The molecular formula is C14H20N2O3. The van der Waals surface area contributed by atoms with Crippen molar-refractivity contribution in [3.05, 3.63) is 24.0 Å². The van der Waals surface area contributed by atoms with Crippen molar-refractivity contribution in [3.8, 4) is 5.75 Å². The van der Waals surface area contributed by atoms with E-state index in [1.54, 1.807) is 12.3 Å². The van der Waals surface area contributed by atoms with Gasteiger partial charge in [-0.3, -0.25) is 9.78 Å². The summed E-state index contributed by atoms with van der Waals surface area (Å²) in [4.78, 5) is 16.0. The Labute approximate surface area is 113 Å². The average Bonchev–Trinajstić information content (AvgIpc) is 2.92. The van der Waals surface area contributed by atoms with Crippen molar-refractivity contribution >= 4 is 5.91 Å². The van der Waals surface area contributed by atoms with Crippen LogP contribution in [-0.4, -0.2) is 36.3 Å². The van der Waals surface area contributed by atoms with Gasteiger partial charge in [-0.15, -0.1) is 0 Å². The van der Waals surface area contributed by atoms with Crippen LogP contribution in [0.5, 0.6) is 5.75 Å². The van der Waals surface area contributed by atoms with Gasteiger partial charge in [-0.1, -0.05) is 6.42 Å². The third kappa shape index (κ3) is 3.23. The Morgan fingerprint density at radius 1 is 1.53 bits per heavy atom. The van der Waals surface area contributed by atoms with Gasteiger partial charge >= 0.3 is 0 Å². The van der Waals surface area contributed by atoms with E-state index in [1.165, 1.54) is 13.3 Å². The minimum Gasteiger partial charge on any atom is -0.494 e. The molecule has 0 bridgehead atoms. The predicted molar refractivity (Wildman–Crippen MR) is 71.0 cm³/mol. The van der Waals surface area contributed by atoms with Crippen molar-refractivity contribution in [2.24, 2.45) is 11.8 Å². The molecule has 2 rings (SSSR count). The summed E-state index contributed by atoms with van der Waals surface area (Å²) < 4.78 is 5.12. The number of ether oxygens (including phenoxy) is 1. The Morgan fingerprint density at radius 2 is 2.32 bits per heavy atom. The molecule has 1 heterocycles. The molecule has 1 aromatic rings. The second-order valence-electron chi connectivity index (χ2n) is 4.92. The number of rotatable bonds is 5. The van der Waals surface area contributed by atoms with Crippen molar-refractivity contribution < 1.29 is 14.6 Å². The number of hydrogen-bond acceptors (Lipinski definition) is 4. The van der Waals surface area contributed by atoms with Crippen LogP contribution in [0.25, 0.3) is 0 Å². The summed E-state index contributed by atoms with van der Waals surface area (Å²) in [6, 6.07) is 1.65. The lowest BCUT2D eigenvalue weighted by atomic mass is 9.97. The Morgan fingerprint density at radius 3 is 3.05 bits per heavy atom. The first-order valence-electron chi connectivity index (χ1n) is 6.63. The first-order chi connectivity index (χ1) is 9.26. The van der Waals surface area contributed by atoms with Gasteiger partial charge < -0.3 is 15.2 Å². The van der Waals surface area contributed by atoms with Crippen LogP contribution >= 0.6 is 0 Å². The fourth-order valence-electron chi connectivity index (χ4n) is 2.67. The first kappa shape index (κ1) is 13.8. The Balaban J connectivity index is 1.94. The van der Waals surface area contributed by atoms with E-state index >= 15 is 0 Å². The van der Waals surface area contributed by atoms with Crippen LogP contribution in [0.1, 0.15) is 29.6 Å². The zero-order chi connectivity index (χ0) is 13.7. The number of aromatic nitrogens is 1. The fraction of sp³-hybridized carbons (Fsp3) is 0.571. The number of pyridine rings is 1. The van der Waals surface area contributed by atoms with Gasteiger partial charge in [0, 0.05) is 19.3 Å².